The molecule has 4 atom stereocenters. The van der Waals surface area contributed by atoms with Crippen LogP contribution in [-0.2, 0) is 30.4 Å². The van der Waals surface area contributed by atoms with Crippen molar-refractivity contribution in [2.24, 2.45) is 0 Å². The zero-order chi connectivity index (χ0) is 48.5. The Morgan fingerprint density at radius 1 is 1.04 bits per heavy atom. The number of aliphatic hydroxyl groups excluding tert-OH is 1. The standard InChI is InChI=1S/C51H61N11O8/c1-4-40-46-50(70-46)58(2)42-27-52-51(55-47(42)62(40)35-12-5-6-13-35)53-38-20-15-32(26-43(38)68-3)39-29-61(57-56-39)34-18-16-33(17-19-34)59(45(65)30-63)23-25-69-24-8-7-10-31-11-9-14-36-37(31)28-60(49(36)67)41-21-22-44(64)54-48(41)66/h9,11,14-15,20,26-27,29,33-35,40-41,46,50,63H,4-6,8,12-13,16-19,21-25,28,30H2,1-3H3,(H,52,53,55)(H,54,64,66)/t33-,34+,40-,41?,46?,50?/m1/s1. The molecule has 19 nitrogen and oxygen atoms in total. The van der Waals surface area contributed by atoms with Crippen molar-refractivity contribution in [3.63, 3.8) is 0 Å². The molecular formula is C51H61N11O8. The van der Waals surface area contributed by atoms with E-state index in [4.69, 9.17) is 24.2 Å². The van der Waals surface area contributed by atoms with Crippen molar-refractivity contribution in [3.8, 4) is 28.8 Å². The van der Waals surface area contributed by atoms with Gasteiger partial charge in [0.2, 0.25) is 23.7 Å². The van der Waals surface area contributed by atoms with E-state index >= 15 is 0 Å². The molecule has 70 heavy (non-hydrogen) atoms. The largest absolute Gasteiger partial charge is 0.495 e. The number of anilines is 4. The number of hydrogen-bond donors (Lipinski definition) is 3. The highest BCUT2D eigenvalue weighted by Gasteiger charge is 2.54. The number of epoxide rings is 1. The van der Waals surface area contributed by atoms with Crippen molar-refractivity contribution >= 4 is 46.8 Å². The Labute approximate surface area is 407 Å². The molecular weight excluding hydrogens is 895 g/mol. The van der Waals surface area contributed by atoms with Gasteiger partial charge in [0, 0.05) is 61.8 Å². The first-order valence-electron chi connectivity index (χ1n) is 24.8. The summed E-state index contributed by atoms with van der Waals surface area (Å²) in [5.74, 6) is 7.02. The molecule has 6 heterocycles. The lowest BCUT2D eigenvalue weighted by Crippen LogP contribution is -2.52. The lowest BCUT2D eigenvalue weighted by Gasteiger charge is -2.37. The zero-order valence-electron chi connectivity index (χ0n) is 40.0. The summed E-state index contributed by atoms with van der Waals surface area (Å²) in [5.41, 5.74) is 5.29. The third-order valence-electron chi connectivity index (χ3n) is 15.0. The quantitative estimate of drug-likeness (QED) is 0.0637. The molecule has 368 valence electrons. The van der Waals surface area contributed by atoms with Gasteiger partial charge in [0.15, 0.2) is 12.0 Å². The molecule has 2 aromatic heterocycles. The van der Waals surface area contributed by atoms with E-state index in [0.29, 0.717) is 67.2 Å². The highest BCUT2D eigenvalue weighted by atomic mass is 16.6. The second kappa shape index (κ2) is 20.4. The second-order valence-corrected chi connectivity index (χ2v) is 19.1. The molecule has 0 bridgehead atoms. The first-order chi connectivity index (χ1) is 34.1. The van der Waals surface area contributed by atoms with Gasteiger partial charge in [0.25, 0.3) is 5.91 Å². The minimum atomic E-state index is -0.688. The summed E-state index contributed by atoms with van der Waals surface area (Å²) >= 11 is 0. The van der Waals surface area contributed by atoms with Crippen molar-refractivity contribution in [3.05, 3.63) is 65.5 Å². The lowest BCUT2D eigenvalue weighted by atomic mass is 9.90. The third kappa shape index (κ3) is 9.39. The van der Waals surface area contributed by atoms with E-state index in [1.165, 1.54) is 17.7 Å². The van der Waals surface area contributed by atoms with E-state index < -0.39 is 18.6 Å². The van der Waals surface area contributed by atoms with E-state index in [1.807, 2.05) is 41.3 Å². The molecule has 4 aliphatic heterocycles. The first-order valence-corrected chi connectivity index (χ1v) is 24.8. The van der Waals surface area contributed by atoms with E-state index in [9.17, 15) is 24.3 Å². The second-order valence-electron chi connectivity index (χ2n) is 19.1. The summed E-state index contributed by atoms with van der Waals surface area (Å²) in [7, 11) is 3.71. The molecule has 3 N–H and O–H groups in total. The van der Waals surface area contributed by atoms with Crippen LogP contribution in [0.2, 0.25) is 0 Å². The number of aromatic nitrogens is 5. The molecule has 0 radical (unpaired) electrons. The molecule has 0 spiro atoms. The van der Waals surface area contributed by atoms with Crippen LogP contribution in [0.5, 0.6) is 5.75 Å². The van der Waals surface area contributed by atoms with Crippen LogP contribution in [-0.4, -0.2) is 141 Å². The van der Waals surface area contributed by atoms with Gasteiger partial charge in [0.05, 0.1) is 50.5 Å². The Kier molecular flexibility index (Phi) is 13.7. The minimum Gasteiger partial charge on any atom is -0.495 e. The predicted octanol–water partition coefficient (Wildman–Crippen LogP) is 4.71. The molecule has 2 aromatic carbocycles. The Hall–Kier alpha value is -6.62. The number of benzene rings is 2. The molecule has 2 saturated heterocycles. The SMILES string of the molecule is CC[C@@H]1C2OC2N(C)c2cnc(Nc3ccc(-c4cn([C@H]5CC[C@@H](N(CCOCCC#Cc6cccc7c6CN(C6CCC(=O)NC6=O)C7=O)C(=O)CO)CC5)nn4)cc3OC)nc2N1C1CCCC1. The summed E-state index contributed by atoms with van der Waals surface area (Å²) < 4.78 is 19.9. The zero-order valence-corrected chi connectivity index (χ0v) is 40.0. The molecule has 2 aliphatic carbocycles. The molecule has 6 aliphatic rings. The van der Waals surface area contributed by atoms with Gasteiger partial charge in [-0.05, 0) is 81.2 Å². The maximum atomic E-state index is 13.2. The normalized spacial score (nSPS) is 24.0. The van der Waals surface area contributed by atoms with Gasteiger partial charge >= 0.3 is 0 Å². The minimum absolute atomic E-state index is 0.0412. The Morgan fingerprint density at radius 3 is 2.64 bits per heavy atom. The number of methoxy groups -OCH3 is 1. The number of imide groups is 1. The number of carbonyl (C=O) groups is 4. The summed E-state index contributed by atoms with van der Waals surface area (Å²) in [6.45, 7) is 2.89. The molecule has 10 rings (SSSR count). The third-order valence-corrected chi connectivity index (χ3v) is 15.0. The average Bonchev–Trinajstić information content (AvgIpc) is 3.64. The summed E-state index contributed by atoms with van der Waals surface area (Å²) in [4.78, 5) is 68.1. The predicted molar refractivity (Wildman–Crippen MR) is 258 cm³/mol. The maximum Gasteiger partial charge on any atom is 0.255 e. The topological polar surface area (TPSA) is 213 Å². The highest BCUT2D eigenvalue weighted by Crippen LogP contribution is 2.47. The van der Waals surface area contributed by atoms with Gasteiger partial charge < -0.3 is 44.2 Å². The molecule has 3 unspecified atom stereocenters. The van der Waals surface area contributed by atoms with Crippen LogP contribution in [0.3, 0.4) is 0 Å². The van der Waals surface area contributed by atoms with Crippen LogP contribution in [0.1, 0.15) is 112 Å². The van der Waals surface area contributed by atoms with Gasteiger partial charge in [-0.1, -0.05) is 49.0 Å². The number of nitrogens with zero attached hydrogens (tertiary/aromatic N) is 9. The van der Waals surface area contributed by atoms with Crippen LogP contribution < -0.4 is 25.2 Å². The fraction of sp³-hybridized carbons (Fsp3) is 0.529. The molecule has 19 heteroatoms. The molecule has 4 fully saturated rings. The number of piperidine rings is 1. The maximum absolute atomic E-state index is 13.2. The van der Waals surface area contributed by atoms with E-state index in [-0.39, 0.29) is 61.1 Å². The smallest absolute Gasteiger partial charge is 0.255 e. The lowest BCUT2D eigenvalue weighted by molar-refractivity contribution is -0.138. The number of fused-ring (bicyclic) bond motifs is 3. The van der Waals surface area contributed by atoms with Crippen LogP contribution in [0.25, 0.3) is 11.3 Å². The van der Waals surface area contributed by atoms with Crippen LogP contribution in [0.15, 0.2) is 48.8 Å². The average molecular weight is 956 g/mol. The number of nitrogens with one attached hydrogen (secondary N) is 2. The number of rotatable bonds is 15. The summed E-state index contributed by atoms with van der Waals surface area (Å²) in [6, 6.07) is 11.3. The van der Waals surface area contributed by atoms with Crippen molar-refractivity contribution in [1.82, 2.24) is 40.1 Å². The molecule has 2 saturated carbocycles. The van der Waals surface area contributed by atoms with Gasteiger partial charge in [0.1, 0.15) is 35.9 Å². The number of amides is 4. The van der Waals surface area contributed by atoms with Gasteiger partial charge in [-0.3, -0.25) is 24.5 Å². The van der Waals surface area contributed by atoms with E-state index in [1.54, 1.807) is 24.1 Å². The number of hydrogen-bond acceptors (Lipinski definition) is 15. The summed E-state index contributed by atoms with van der Waals surface area (Å²) in [5, 5.41) is 24.7. The first kappa shape index (κ1) is 47.1. The Bertz CT molecular complexity index is 2690. The summed E-state index contributed by atoms with van der Waals surface area (Å²) in [6.07, 6.45) is 13.8. The fourth-order valence-corrected chi connectivity index (χ4v) is 11.2. The van der Waals surface area contributed by atoms with E-state index in [0.717, 1.165) is 73.3 Å². The van der Waals surface area contributed by atoms with Gasteiger partial charge in [-0.2, -0.15) is 4.98 Å². The van der Waals surface area contributed by atoms with Crippen molar-refractivity contribution in [2.75, 3.05) is 55.6 Å². The molecule has 4 aromatic rings. The van der Waals surface area contributed by atoms with Crippen LogP contribution in [0, 0.1) is 11.8 Å². The number of carbonyl (C=O) groups excluding carboxylic acids is 4. The molecule has 4 amide bonds. The van der Waals surface area contributed by atoms with Gasteiger partial charge in [-0.15, -0.1) is 5.10 Å². The van der Waals surface area contributed by atoms with Crippen molar-refractivity contribution in [1.29, 1.82) is 0 Å². The number of ether oxygens (including phenoxy) is 3. The van der Waals surface area contributed by atoms with Crippen molar-refractivity contribution in [2.45, 2.75) is 133 Å². The van der Waals surface area contributed by atoms with Crippen LogP contribution in [0.4, 0.5) is 23.1 Å². The van der Waals surface area contributed by atoms with E-state index in [2.05, 4.69) is 56.6 Å². The Morgan fingerprint density at radius 2 is 1.87 bits per heavy atom. The van der Waals surface area contributed by atoms with Crippen molar-refractivity contribution < 1.29 is 38.5 Å². The number of aliphatic hydroxyl groups is 1. The van der Waals surface area contributed by atoms with Crippen LogP contribution >= 0.6 is 0 Å². The Balaban J connectivity index is 0.716. The fourth-order valence-electron chi connectivity index (χ4n) is 11.2. The van der Waals surface area contributed by atoms with Gasteiger partial charge in [-0.25, -0.2) is 9.67 Å². The highest BCUT2D eigenvalue weighted by molar-refractivity contribution is 6.05. The monoisotopic (exact) mass is 955 g/mol. The number of likely N-dealkylation sites (N-methyl/N-ethyl adjacent to an activating group) is 1.